The molecule has 0 fully saturated rings. The Kier molecular flexibility index (Phi) is 5.97. The Morgan fingerprint density at radius 1 is 1.14 bits per heavy atom. The third-order valence-corrected chi connectivity index (χ3v) is 7.57. The summed E-state index contributed by atoms with van der Waals surface area (Å²) in [6, 6.07) is 12.1. The van der Waals surface area contributed by atoms with Gasteiger partial charge in [0.05, 0.1) is 11.6 Å². The lowest BCUT2D eigenvalue weighted by molar-refractivity contribution is 0.0930. The topological polar surface area (TPSA) is 194 Å². The number of benzene rings is 2. The van der Waals surface area contributed by atoms with Gasteiger partial charge in [0.2, 0.25) is 10.6 Å². The molecule has 16 heteroatoms. The van der Waals surface area contributed by atoms with Crippen molar-refractivity contribution >= 4 is 40.9 Å². The molecule has 0 aliphatic heterocycles. The third kappa shape index (κ3) is 4.33. The molecule has 1 aliphatic rings. The minimum atomic E-state index is -0.512. The van der Waals surface area contributed by atoms with Gasteiger partial charge in [0.1, 0.15) is 11.4 Å². The number of amides is 2. The van der Waals surface area contributed by atoms with Crippen molar-refractivity contribution in [2.45, 2.75) is 25.4 Å². The molecule has 210 valence electrons. The number of aryl methyl sites for hydroxylation is 2. The molecule has 42 heavy (non-hydrogen) atoms. The molecule has 0 unspecified atom stereocenters. The Balaban J connectivity index is 1.13. The molecule has 0 bridgehead atoms. The molecule has 4 heterocycles. The predicted molar refractivity (Wildman–Crippen MR) is 149 cm³/mol. The highest BCUT2D eigenvalue weighted by molar-refractivity contribution is 7.71. The monoisotopic (exact) mass is 583 g/mol. The van der Waals surface area contributed by atoms with E-state index in [1.165, 1.54) is 15.0 Å². The van der Waals surface area contributed by atoms with Crippen LogP contribution in [0.25, 0.3) is 28.3 Å². The molecule has 0 saturated carbocycles. The van der Waals surface area contributed by atoms with Crippen molar-refractivity contribution in [3.63, 3.8) is 0 Å². The van der Waals surface area contributed by atoms with Crippen LogP contribution in [0.1, 0.15) is 50.1 Å². The van der Waals surface area contributed by atoms with Gasteiger partial charge in [0, 0.05) is 19.2 Å². The minimum absolute atomic E-state index is 0.00462. The lowest BCUT2D eigenvalue weighted by Crippen LogP contribution is -2.30. The molecule has 2 aromatic carbocycles. The Bertz CT molecular complexity index is 2140. The van der Waals surface area contributed by atoms with Crippen LogP contribution < -0.4 is 16.4 Å². The molecular weight excluding hydrogens is 562 g/mol. The molecule has 6 aromatic rings. The highest BCUT2D eigenvalue weighted by Gasteiger charge is 2.27. The molecule has 1 aliphatic carbocycles. The molecule has 1 atom stereocenters. The van der Waals surface area contributed by atoms with E-state index in [0.717, 1.165) is 28.7 Å². The Hall–Kier alpha value is -5.51. The van der Waals surface area contributed by atoms with Gasteiger partial charge in [-0.3, -0.25) is 14.2 Å². The number of H-pyrrole nitrogens is 2. The van der Waals surface area contributed by atoms with Crippen molar-refractivity contribution in [2.24, 2.45) is 7.05 Å². The number of carbonyl (C=O) groups is 2. The van der Waals surface area contributed by atoms with Gasteiger partial charge in [0.15, 0.2) is 5.58 Å². The maximum atomic E-state index is 13.6. The van der Waals surface area contributed by atoms with Gasteiger partial charge >= 0.3 is 5.76 Å². The van der Waals surface area contributed by atoms with E-state index >= 15 is 0 Å². The van der Waals surface area contributed by atoms with E-state index in [-0.39, 0.29) is 34.5 Å². The van der Waals surface area contributed by atoms with Crippen LogP contribution in [0.3, 0.4) is 0 Å². The van der Waals surface area contributed by atoms with Crippen LogP contribution >= 0.6 is 12.2 Å². The number of aromatic amines is 2. The zero-order valence-electron chi connectivity index (χ0n) is 21.9. The number of tetrazole rings is 1. The predicted octanol–water partition coefficient (Wildman–Crippen LogP) is 1.76. The molecule has 15 nitrogen and oxygen atoms in total. The maximum absolute atomic E-state index is 13.6. The van der Waals surface area contributed by atoms with Gasteiger partial charge in [-0.1, -0.05) is 18.2 Å². The first-order valence-corrected chi connectivity index (χ1v) is 13.3. The standard InChI is InChI=1S/C26H21N11O4S/c1-36-18-8-12(2-7-20(18)41-26(36)40)11-27-22(38)17-10-19(37-24(29-17)32-33-25(37)42)23(39)28-16-6-4-13-9-14(3-5-15(13)16)21-30-34-35-31-21/h2-3,5,7-10,16H,4,6,11H2,1H3,(H,27,38)(H,28,39)(H,33,42)(H,30,31,34,35)/t16-/m0/s1. The van der Waals surface area contributed by atoms with Gasteiger partial charge in [-0.25, -0.2) is 19.3 Å². The maximum Gasteiger partial charge on any atom is 0.419 e. The van der Waals surface area contributed by atoms with Crippen LogP contribution in [0.5, 0.6) is 0 Å². The fourth-order valence-electron chi connectivity index (χ4n) is 5.18. The lowest BCUT2D eigenvalue weighted by Gasteiger charge is -2.15. The highest BCUT2D eigenvalue weighted by atomic mass is 32.1. The number of oxazole rings is 1. The quantitative estimate of drug-likeness (QED) is 0.210. The van der Waals surface area contributed by atoms with E-state index in [1.54, 1.807) is 25.2 Å². The molecule has 0 spiro atoms. The zero-order valence-corrected chi connectivity index (χ0v) is 22.7. The van der Waals surface area contributed by atoms with Crippen molar-refractivity contribution in [3.8, 4) is 11.4 Å². The van der Waals surface area contributed by atoms with E-state index in [9.17, 15) is 14.4 Å². The molecule has 2 amide bonds. The van der Waals surface area contributed by atoms with Gasteiger partial charge in [-0.05, 0) is 71.2 Å². The SMILES string of the molecule is Cn1c(=O)oc2ccc(CNC(=O)c3cc(C(=O)N[C@H]4CCc5cc(-c6nn[nH]n6)ccc54)n4c(=S)[nH]nc4n3)cc21. The first kappa shape index (κ1) is 25.5. The summed E-state index contributed by atoms with van der Waals surface area (Å²) >= 11 is 5.34. The largest absolute Gasteiger partial charge is 0.419 e. The van der Waals surface area contributed by atoms with Crippen molar-refractivity contribution in [2.75, 3.05) is 0 Å². The summed E-state index contributed by atoms with van der Waals surface area (Å²) in [5, 5.41) is 26.7. The van der Waals surface area contributed by atoms with Crippen LogP contribution in [-0.4, -0.2) is 56.6 Å². The second-order valence-electron chi connectivity index (χ2n) is 9.82. The number of rotatable bonds is 6. The average molecular weight is 584 g/mol. The Labute approximate surface area is 240 Å². The smallest absolute Gasteiger partial charge is 0.408 e. The molecule has 4 N–H and O–H groups in total. The van der Waals surface area contributed by atoms with E-state index in [2.05, 4.69) is 46.4 Å². The number of hydrogen-bond donors (Lipinski definition) is 4. The lowest BCUT2D eigenvalue weighted by atomic mass is 10.0. The van der Waals surface area contributed by atoms with Crippen molar-refractivity contribution in [3.05, 3.63) is 85.9 Å². The summed E-state index contributed by atoms with van der Waals surface area (Å²) in [4.78, 5) is 42.8. The first-order valence-electron chi connectivity index (χ1n) is 12.9. The highest BCUT2D eigenvalue weighted by Crippen LogP contribution is 2.33. The summed E-state index contributed by atoms with van der Waals surface area (Å²) in [5.74, 6) is -0.828. The number of carbonyl (C=O) groups excluding carboxylic acids is 2. The fraction of sp³-hybridized carbons (Fsp3) is 0.192. The van der Waals surface area contributed by atoms with Gasteiger partial charge in [-0.2, -0.15) is 5.21 Å². The van der Waals surface area contributed by atoms with Crippen LogP contribution in [0.2, 0.25) is 0 Å². The van der Waals surface area contributed by atoms with E-state index < -0.39 is 17.6 Å². The normalized spacial score (nSPS) is 14.4. The number of hydrogen-bond acceptors (Lipinski definition) is 10. The molecular formula is C26H21N11O4S. The Morgan fingerprint density at radius 2 is 2.02 bits per heavy atom. The van der Waals surface area contributed by atoms with Crippen molar-refractivity contribution < 1.29 is 14.0 Å². The third-order valence-electron chi connectivity index (χ3n) is 7.29. The molecule has 4 aromatic heterocycles. The zero-order chi connectivity index (χ0) is 29.0. The second kappa shape index (κ2) is 9.84. The van der Waals surface area contributed by atoms with Crippen molar-refractivity contribution in [1.29, 1.82) is 0 Å². The van der Waals surface area contributed by atoms with E-state index in [1.807, 2.05) is 18.2 Å². The Morgan fingerprint density at radius 3 is 2.86 bits per heavy atom. The van der Waals surface area contributed by atoms with Gasteiger partial charge in [0.25, 0.3) is 17.6 Å². The van der Waals surface area contributed by atoms with E-state index in [0.29, 0.717) is 23.3 Å². The number of fused-ring (bicyclic) bond motifs is 3. The van der Waals surface area contributed by atoms with Crippen LogP contribution in [0, 0.1) is 4.77 Å². The fourth-order valence-corrected chi connectivity index (χ4v) is 5.40. The molecule has 0 saturated heterocycles. The number of nitrogens with zero attached hydrogens (tertiary/aromatic N) is 7. The summed E-state index contributed by atoms with van der Waals surface area (Å²) < 4.78 is 8.11. The van der Waals surface area contributed by atoms with Gasteiger partial charge in [-0.15, -0.1) is 15.3 Å². The molecule has 7 rings (SSSR count). The summed E-state index contributed by atoms with van der Waals surface area (Å²) in [7, 11) is 1.61. The second-order valence-corrected chi connectivity index (χ2v) is 10.2. The van der Waals surface area contributed by atoms with E-state index in [4.69, 9.17) is 16.6 Å². The number of aromatic nitrogens is 9. The van der Waals surface area contributed by atoms with Crippen molar-refractivity contribution in [1.82, 2.24) is 55.4 Å². The van der Waals surface area contributed by atoms with Crippen LogP contribution in [-0.2, 0) is 20.0 Å². The minimum Gasteiger partial charge on any atom is -0.408 e. The first-order chi connectivity index (χ1) is 20.4. The molecule has 0 radical (unpaired) electrons. The average Bonchev–Trinajstić information content (AvgIpc) is 3.80. The van der Waals surface area contributed by atoms with Crippen LogP contribution in [0.4, 0.5) is 0 Å². The summed E-state index contributed by atoms with van der Waals surface area (Å²) in [6.45, 7) is 0.153. The number of nitrogens with one attached hydrogen (secondary N) is 4. The van der Waals surface area contributed by atoms with Gasteiger partial charge < -0.3 is 15.1 Å². The van der Waals surface area contributed by atoms with Crippen LogP contribution in [0.15, 0.2) is 51.7 Å². The summed E-state index contributed by atoms with van der Waals surface area (Å²) in [5.41, 5.74) is 4.82. The summed E-state index contributed by atoms with van der Waals surface area (Å²) in [6.07, 6.45) is 1.46.